The van der Waals surface area contributed by atoms with Crippen molar-refractivity contribution in [1.82, 2.24) is 14.8 Å². The second kappa shape index (κ2) is 8.88. The first-order chi connectivity index (χ1) is 13.3. The molecular formula is C22H32N4O2. The van der Waals surface area contributed by atoms with Gasteiger partial charge >= 0.3 is 0 Å². The van der Waals surface area contributed by atoms with Crippen LogP contribution in [0.15, 0.2) is 34.9 Å². The first-order valence-corrected chi connectivity index (χ1v) is 10.1. The highest BCUT2D eigenvalue weighted by atomic mass is 16.4. The Kier molecular flexibility index (Phi) is 6.52. The molecule has 2 aromatic rings. The van der Waals surface area contributed by atoms with Gasteiger partial charge in [-0.1, -0.05) is 45.9 Å². The average molecular weight is 385 g/mol. The highest BCUT2D eigenvalue weighted by Gasteiger charge is 2.23. The lowest BCUT2D eigenvalue weighted by molar-refractivity contribution is -0.117. The van der Waals surface area contributed by atoms with Gasteiger partial charge in [-0.15, -0.1) is 0 Å². The number of carbonyl (C=O) groups is 1. The van der Waals surface area contributed by atoms with Crippen LogP contribution in [0.5, 0.6) is 0 Å². The maximum absolute atomic E-state index is 12.4. The molecule has 0 spiro atoms. The van der Waals surface area contributed by atoms with Crippen LogP contribution in [0.25, 0.3) is 0 Å². The zero-order valence-electron chi connectivity index (χ0n) is 17.5. The van der Waals surface area contributed by atoms with Crippen LogP contribution in [0.1, 0.15) is 44.9 Å². The number of para-hydroxylation sites is 1. The molecule has 0 unspecified atom stereocenters. The minimum absolute atomic E-state index is 0.0201. The molecule has 0 bridgehead atoms. The van der Waals surface area contributed by atoms with Crippen LogP contribution in [0.2, 0.25) is 0 Å². The first kappa shape index (κ1) is 20.6. The first-order valence-electron chi connectivity index (χ1n) is 10.1. The molecule has 0 atom stereocenters. The number of carbonyl (C=O) groups excluding carboxylic acids is 1. The highest BCUT2D eigenvalue weighted by molar-refractivity contribution is 5.93. The van der Waals surface area contributed by atoms with Crippen molar-refractivity contribution in [2.24, 2.45) is 0 Å². The normalized spacial score (nSPS) is 16.3. The molecule has 0 saturated carbocycles. The van der Waals surface area contributed by atoms with Gasteiger partial charge in [0.25, 0.3) is 0 Å². The molecule has 1 fully saturated rings. The van der Waals surface area contributed by atoms with Crippen molar-refractivity contribution in [3.63, 3.8) is 0 Å². The zero-order chi connectivity index (χ0) is 20.1. The Morgan fingerprint density at radius 3 is 2.46 bits per heavy atom. The summed E-state index contributed by atoms with van der Waals surface area (Å²) in [6, 6.07) is 7.99. The number of hydrogen-bond donors (Lipinski definition) is 1. The molecular weight excluding hydrogens is 352 g/mol. The molecule has 1 aliphatic heterocycles. The van der Waals surface area contributed by atoms with Crippen molar-refractivity contribution in [1.29, 1.82) is 0 Å². The van der Waals surface area contributed by atoms with E-state index >= 15 is 0 Å². The SMILES string of the molecule is CCc1ccccc1NC(=O)CN1CCN(Cc2ncc(C(C)(C)C)o2)CC1. The molecule has 152 valence electrons. The van der Waals surface area contributed by atoms with Gasteiger partial charge in [-0.3, -0.25) is 14.6 Å². The van der Waals surface area contributed by atoms with Crippen molar-refractivity contribution in [3.8, 4) is 0 Å². The third-order valence-electron chi connectivity index (χ3n) is 5.16. The lowest BCUT2D eigenvalue weighted by atomic mass is 9.94. The van der Waals surface area contributed by atoms with Crippen LogP contribution in [0.3, 0.4) is 0 Å². The molecule has 1 saturated heterocycles. The summed E-state index contributed by atoms with van der Waals surface area (Å²) < 4.78 is 5.90. The molecule has 1 aromatic carbocycles. The van der Waals surface area contributed by atoms with Crippen LogP contribution < -0.4 is 5.32 Å². The summed E-state index contributed by atoms with van der Waals surface area (Å²) in [6.45, 7) is 13.2. The number of nitrogens with zero attached hydrogens (tertiary/aromatic N) is 3. The number of piperazine rings is 1. The van der Waals surface area contributed by atoms with Gasteiger partial charge in [-0.25, -0.2) is 4.98 Å². The Labute approximate surface area is 167 Å². The molecule has 6 heteroatoms. The van der Waals surface area contributed by atoms with E-state index < -0.39 is 0 Å². The van der Waals surface area contributed by atoms with E-state index in [0.29, 0.717) is 6.54 Å². The van der Waals surface area contributed by atoms with Crippen LogP contribution in [-0.2, 0) is 23.2 Å². The summed E-state index contributed by atoms with van der Waals surface area (Å²) in [4.78, 5) is 21.4. The summed E-state index contributed by atoms with van der Waals surface area (Å²) in [7, 11) is 0. The number of oxazole rings is 1. The number of aromatic nitrogens is 1. The number of anilines is 1. The Balaban J connectivity index is 1.45. The van der Waals surface area contributed by atoms with Crippen LogP contribution in [0, 0.1) is 0 Å². The van der Waals surface area contributed by atoms with E-state index in [0.717, 1.165) is 56.5 Å². The lowest BCUT2D eigenvalue weighted by Crippen LogP contribution is -2.48. The second-order valence-electron chi connectivity index (χ2n) is 8.48. The maximum Gasteiger partial charge on any atom is 0.238 e. The number of nitrogens with one attached hydrogen (secondary N) is 1. The second-order valence-corrected chi connectivity index (χ2v) is 8.48. The van der Waals surface area contributed by atoms with Gasteiger partial charge in [-0.05, 0) is 18.1 Å². The minimum atomic E-state index is -0.0201. The third-order valence-corrected chi connectivity index (χ3v) is 5.16. The summed E-state index contributed by atoms with van der Waals surface area (Å²) in [5, 5.41) is 3.06. The van der Waals surface area contributed by atoms with Crippen molar-refractivity contribution in [3.05, 3.63) is 47.7 Å². The van der Waals surface area contributed by atoms with Crippen molar-refractivity contribution in [2.45, 2.75) is 46.1 Å². The smallest absolute Gasteiger partial charge is 0.238 e. The standard InChI is InChI=1S/C22H32N4O2/c1-5-17-8-6-7-9-18(17)24-20(27)15-25-10-12-26(13-11-25)16-21-23-14-19(28-21)22(2,3)4/h6-9,14H,5,10-13,15-16H2,1-4H3,(H,24,27). The molecule has 2 heterocycles. The van der Waals surface area contributed by atoms with E-state index in [4.69, 9.17) is 4.42 Å². The number of amides is 1. The molecule has 3 rings (SSSR count). The van der Waals surface area contributed by atoms with Gasteiger partial charge in [-0.2, -0.15) is 0 Å². The summed E-state index contributed by atoms with van der Waals surface area (Å²) in [5.74, 6) is 1.74. The monoisotopic (exact) mass is 384 g/mol. The van der Waals surface area contributed by atoms with Crippen molar-refractivity contribution in [2.75, 3.05) is 38.0 Å². The fourth-order valence-corrected chi connectivity index (χ4v) is 3.37. The van der Waals surface area contributed by atoms with E-state index in [2.05, 4.69) is 53.9 Å². The number of rotatable bonds is 6. The van der Waals surface area contributed by atoms with E-state index in [-0.39, 0.29) is 11.3 Å². The molecule has 1 N–H and O–H groups in total. The number of aryl methyl sites for hydroxylation is 1. The van der Waals surface area contributed by atoms with Gasteiger partial charge in [0.05, 0.1) is 19.3 Å². The fraction of sp³-hybridized carbons (Fsp3) is 0.545. The van der Waals surface area contributed by atoms with Gasteiger partial charge in [0.1, 0.15) is 5.76 Å². The molecule has 1 amide bonds. The minimum Gasteiger partial charge on any atom is -0.444 e. The zero-order valence-corrected chi connectivity index (χ0v) is 17.5. The van der Waals surface area contributed by atoms with E-state index in [1.165, 1.54) is 5.56 Å². The quantitative estimate of drug-likeness (QED) is 0.828. The summed E-state index contributed by atoms with van der Waals surface area (Å²) in [5.41, 5.74) is 2.07. The molecule has 1 aliphatic rings. The van der Waals surface area contributed by atoms with Gasteiger partial charge in [0, 0.05) is 37.3 Å². The molecule has 1 aromatic heterocycles. The fourth-order valence-electron chi connectivity index (χ4n) is 3.37. The summed E-state index contributed by atoms with van der Waals surface area (Å²) in [6.07, 6.45) is 2.75. The Morgan fingerprint density at radius 2 is 1.82 bits per heavy atom. The topological polar surface area (TPSA) is 61.6 Å². The van der Waals surface area contributed by atoms with Crippen molar-refractivity contribution >= 4 is 11.6 Å². The van der Waals surface area contributed by atoms with E-state index in [1.54, 1.807) is 0 Å². The molecule has 6 nitrogen and oxygen atoms in total. The van der Waals surface area contributed by atoms with Gasteiger partial charge < -0.3 is 9.73 Å². The maximum atomic E-state index is 12.4. The Hall–Kier alpha value is -2.18. The number of hydrogen-bond acceptors (Lipinski definition) is 5. The van der Waals surface area contributed by atoms with Crippen LogP contribution in [-0.4, -0.2) is 53.4 Å². The largest absolute Gasteiger partial charge is 0.444 e. The van der Waals surface area contributed by atoms with Crippen LogP contribution >= 0.6 is 0 Å². The summed E-state index contributed by atoms with van der Waals surface area (Å²) >= 11 is 0. The van der Waals surface area contributed by atoms with Crippen LogP contribution in [0.4, 0.5) is 5.69 Å². The lowest BCUT2D eigenvalue weighted by Gasteiger charge is -2.33. The number of benzene rings is 1. The molecule has 0 radical (unpaired) electrons. The average Bonchev–Trinajstić information content (AvgIpc) is 3.13. The highest BCUT2D eigenvalue weighted by Crippen LogP contribution is 2.23. The van der Waals surface area contributed by atoms with Crippen molar-refractivity contribution < 1.29 is 9.21 Å². The molecule has 0 aliphatic carbocycles. The Bertz CT molecular complexity index is 786. The van der Waals surface area contributed by atoms with E-state index in [1.807, 2.05) is 24.4 Å². The third kappa shape index (κ3) is 5.42. The predicted octanol–water partition coefficient (Wildman–Crippen LogP) is 3.29. The van der Waals surface area contributed by atoms with Gasteiger partial charge in [0.15, 0.2) is 0 Å². The Morgan fingerprint density at radius 1 is 1.14 bits per heavy atom. The molecule has 28 heavy (non-hydrogen) atoms. The predicted molar refractivity (Wildman–Crippen MR) is 111 cm³/mol. The van der Waals surface area contributed by atoms with E-state index in [9.17, 15) is 4.79 Å². The van der Waals surface area contributed by atoms with Gasteiger partial charge in [0.2, 0.25) is 11.8 Å².